The van der Waals surface area contributed by atoms with Crippen molar-refractivity contribution in [2.45, 2.75) is 45.0 Å². The smallest absolute Gasteiger partial charge is 0.316 e. The summed E-state index contributed by atoms with van der Waals surface area (Å²) in [5.41, 5.74) is -1.29. The molecule has 0 rings (SSSR count). The fourth-order valence-corrected chi connectivity index (χ4v) is 1.29. The van der Waals surface area contributed by atoms with Gasteiger partial charge in [0.25, 0.3) is 0 Å². The fraction of sp³-hybridized carbons (Fsp3) is 0.800. The van der Waals surface area contributed by atoms with Crippen molar-refractivity contribution < 1.29 is 29.3 Å². The van der Waals surface area contributed by atoms with Crippen LogP contribution in [0, 0.1) is 0 Å². The first-order valence-corrected chi connectivity index (χ1v) is 4.85. The molecule has 0 aromatic carbocycles. The van der Waals surface area contributed by atoms with E-state index in [9.17, 15) is 19.8 Å². The van der Waals surface area contributed by atoms with Crippen LogP contribution in [-0.4, -0.2) is 47.1 Å². The van der Waals surface area contributed by atoms with Crippen LogP contribution in [-0.2, 0) is 19.1 Å². The third-order valence-electron chi connectivity index (χ3n) is 2.30. The lowest BCUT2D eigenvalue weighted by molar-refractivity contribution is -0.171. The summed E-state index contributed by atoms with van der Waals surface area (Å²) in [5.74, 6) is -1.54. The van der Waals surface area contributed by atoms with E-state index >= 15 is 0 Å². The summed E-state index contributed by atoms with van der Waals surface area (Å²) in [6.45, 7) is 3.93. The minimum atomic E-state index is -1.29. The van der Waals surface area contributed by atoms with Crippen LogP contribution in [0.15, 0.2) is 0 Å². The second-order valence-electron chi connectivity index (χ2n) is 3.84. The van der Waals surface area contributed by atoms with Crippen LogP contribution in [0.2, 0.25) is 0 Å². The van der Waals surface area contributed by atoms with Crippen LogP contribution in [0.3, 0.4) is 0 Å². The van der Waals surface area contributed by atoms with E-state index in [2.05, 4.69) is 4.74 Å². The van der Waals surface area contributed by atoms with Crippen LogP contribution in [0.25, 0.3) is 0 Å². The van der Waals surface area contributed by atoms with Gasteiger partial charge in [-0.2, -0.15) is 0 Å². The van der Waals surface area contributed by atoms with Gasteiger partial charge < -0.3 is 19.7 Å². The van der Waals surface area contributed by atoms with Crippen LogP contribution in [0.1, 0.15) is 27.2 Å². The zero-order valence-electron chi connectivity index (χ0n) is 9.89. The van der Waals surface area contributed by atoms with Gasteiger partial charge in [-0.25, -0.2) is 0 Å². The van der Waals surface area contributed by atoms with E-state index in [-0.39, 0.29) is 6.42 Å². The average Bonchev–Trinajstić information content (AvgIpc) is 2.14. The van der Waals surface area contributed by atoms with Crippen molar-refractivity contribution in [2.24, 2.45) is 0 Å². The van der Waals surface area contributed by atoms with Crippen molar-refractivity contribution in [1.82, 2.24) is 0 Å². The summed E-state index contributed by atoms with van der Waals surface area (Å²) >= 11 is 0. The molecule has 0 unspecified atom stereocenters. The summed E-state index contributed by atoms with van der Waals surface area (Å²) < 4.78 is 9.32. The molecule has 2 N–H and O–H groups in total. The standard InChI is InChI=1S/C10H18O6/c1-6(11)9(14)10(3,15-4)5-8(13)16-7(2)12/h6,9,11,14H,5H2,1-4H3/t6-,9-,10+/m0/s1. The highest BCUT2D eigenvalue weighted by molar-refractivity contribution is 5.84. The third kappa shape index (κ3) is 4.26. The van der Waals surface area contributed by atoms with Crippen molar-refractivity contribution in [2.75, 3.05) is 7.11 Å². The van der Waals surface area contributed by atoms with E-state index in [1.165, 1.54) is 21.0 Å². The van der Waals surface area contributed by atoms with Crippen LogP contribution < -0.4 is 0 Å². The van der Waals surface area contributed by atoms with Crippen LogP contribution in [0.5, 0.6) is 0 Å². The minimum absolute atomic E-state index is 0.324. The van der Waals surface area contributed by atoms with Crippen LogP contribution in [0.4, 0.5) is 0 Å². The van der Waals surface area contributed by atoms with Gasteiger partial charge in [0, 0.05) is 14.0 Å². The maximum Gasteiger partial charge on any atom is 0.316 e. The van der Waals surface area contributed by atoms with Gasteiger partial charge in [-0.05, 0) is 13.8 Å². The molecule has 94 valence electrons. The number of carbonyl (C=O) groups excluding carboxylic acids is 2. The van der Waals surface area contributed by atoms with E-state index in [0.717, 1.165) is 6.92 Å². The average molecular weight is 234 g/mol. The van der Waals surface area contributed by atoms with Gasteiger partial charge in [0.2, 0.25) is 0 Å². The van der Waals surface area contributed by atoms with Crippen molar-refractivity contribution >= 4 is 11.9 Å². The number of esters is 2. The van der Waals surface area contributed by atoms with Crippen molar-refractivity contribution in [3.63, 3.8) is 0 Å². The largest absolute Gasteiger partial charge is 0.393 e. The second-order valence-corrected chi connectivity index (χ2v) is 3.84. The van der Waals surface area contributed by atoms with Gasteiger partial charge in [-0.15, -0.1) is 0 Å². The topological polar surface area (TPSA) is 93.1 Å². The summed E-state index contributed by atoms with van der Waals surface area (Å²) in [4.78, 5) is 21.8. The monoisotopic (exact) mass is 234 g/mol. The molecule has 0 aliphatic heterocycles. The molecule has 0 aromatic heterocycles. The molecule has 0 saturated carbocycles. The maximum atomic E-state index is 11.2. The van der Waals surface area contributed by atoms with E-state index < -0.39 is 29.7 Å². The summed E-state index contributed by atoms with van der Waals surface area (Å²) in [5, 5.41) is 18.9. The minimum Gasteiger partial charge on any atom is -0.393 e. The molecular weight excluding hydrogens is 216 g/mol. The van der Waals surface area contributed by atoms with Crippen molar-refractivity contribution in [3.8, 4) is 0 Å². The molecule has 0 aromatic rings. The Morgan fingerprint density at radius 1 is 1.38 bits per heavy atom. The lowest BCUT2D eigenvalue weighted by Crippen LogP contribution is -2.49. The Labute approximate surface area is 94.2 Å². The Morgan fingerprint density at radius 2 is 1.88 bits per heavy atom. The third-order valence-corrected chi connectivity index (χ3v) is 2.30. The molecule has 0 saturated heterocycles. The van der Waals surface area contributed by atoms with Crippen molar-refractivity contribution in [3.05, 3.63) is 0 Å². The first-order chi connectivity index (χ1) is 7.23. The molecule has 0 bridgehead atoms. The highest BCUT2D eigenvalue weighted by atomic mass is 16.6. The molecule has 6 heteroatoms. The molecule has 0 amide bonds. The predicted molar refractivity (Wildman–Crippen MR) is 54.5 cm³/mol. The van der Waals surface area contributed by atoms with Gasteiger partial charge in [0.1, 0.15) is 11.7 Å². The summed E-state index contributed by atoms with van der Waals surface area (Å²) in [6, 6.07) is 0. The molecule has 0 aliphatic rings. The lowest BCUT2D eigenvalue weighted by Gasteiger charge is -2.33. The van der Waals surface area contributed by atoms with Gasteiger partial charge in [0.05, 0.1) is 12.5 Å². The van der Waals surface area contributed by atoms with Gasteiger partial charge in [-0.3, -0.25) is 9.59 Å². The van der Waals surface area contributed by atoms with Crippen LogP contribution >= 0.6 is 0 Å². The van der Waals surface area contributed by atoms with E-state index in [0.29, 0.717) is 0 Å². The summed E-state index contributed by atoms with van der Waals surface area (Å²) in [7, 11) is 1.30. The van der Waals surface area contributed by atoms with Crippen molar-refractivity contribution in [1.29, 1.82) is 0 Å². The van der Waals surface area contributed by atoms with Gasteiger partial charge in [-0.1, -0.05) is 0 Å². The molecule has 6 nitrogen and oxygen atoms in total. The fourth-order valence-electron chi connectivity index (χ4n) is 1.29. The zero-order valence-corrected chi connectivity index (χ0v) is 9.89. The van der Waals surface area contributed by atoms with E-state index in [1.807, 2.05) is 0 Å². The lowest BCUT2D eigenvalue weighted by atomic mass is 9.91. The number of hydrogen-bond acceptors (Lipinski definition) is 6. The number of ether oxygens (including phenoxy) is 2. The Hall–Kier alpha value is -0.980. The molecule has 0 heterocycles. The summed E-state index contributed by atoms with van der Waals surface area (Å²) in [6.07, 6.45) is -2.64. The molecule has 3 atom stereocenters. The van der Waals surface area contributed by atoms with Gasteiger partial charge in [0.15, 0.2) is 0 Å². The SMILES string of the molecule is CO[C@](C)(CC(=O)OC(C)=O)[C@@H](O)[C@H](C)O. The second kappa shape index (κ2) is 5.93. The zero-order chi connectivity index (χ0) is 12.9. The Kier molecular flexibility index (Phi) is 5.57. The Bertz CT molecular complexity index is 262. The highest BCUT2D eigenvalue weighted by Crippen LogP contribution is 2.22. The number of rotatable bonds is 5. The molecule has 0 aliphatic carbocycles. The Balaban J connectivity index is 4.59. The number of carbonyl (C=O) groups is 2. The molecule has 16 heavy (non-hydrogen) atoms. The first-order valence-electron chi connectivity index (χ1n) is 4.85. The van der Waals surface area contributed by atoms with E-state index in [4.69, 9.17) is 4.74 Å². The quantitative estimate of drug-likeness (QED) is 0.497. The normalized spacial score (nSPS) is 18.4. The van der Waals surface area contributed by atoms with E-state index in [1.54, 1.807) is 0 Å². The molecular formula is C10H18O6. The maximum absolute atomic E-state index is 11.2. The number of hydrogen-bond donors (Lipinski definition) is 2. The Morgan fingerprint density at radius 3 is 2.19 bits per heavy atom. The number of aliphatic hydroxyl groups excluding tert-OH is 2. The molecule has 0 spiro atoms. The first kappa shape index (κ1) is 15.0. The predicted octanol–water partition coefficient (Wildman–Crippen LogP) is -0.387. The number of methoxy groups -OCH3 is 1. The van der Waals surface area contributed by atoms with Gasteiger partial charge >= 0.3 is 11.9 Å². The highest BCUT2D eigenvalue weighted by Gasteiger charge is 2.39. The molecule has 0 fully saturated rings. The number of aliphatic hydroxyl groups is 2. The molecule has 0 radical (unpaired) electrons.